The highest BCUT2D eigenvalue weighted by atomic mass is 32.2. The summed E-state index contributed by atoms with van der Waals surface area (Å²) in [5.74, 6) is -0.206. The van der Waals surface area contributed by atoms with Gasteiger partial charge in [-0.15, -0.1) is 11.8 Å². The van der Waals surface area contributed by atoms with Gasteiger partial charge in [0.15, 0.2) is 0 Å². The van der Waals surface area contributed by atoms with Gasteiger partial charge in [-0.3, -0.25) is 4.79 Å². The van der Waals surface area contributed by atoms with E-state index in [1.807, 2.05) is 36.6 Å². The molecule has 0 saturated carbocycles. The zero-order valence-corrected chi connectivity index (χ0v) is 12.6. The zero-order chi connectivity index (χ0) is 15.1. The van der Waals surface area contributed by atoms with Gasteiger partial charge in [0.05, 0.1) is 18.2 Å². The van der Waals surface area contributed by atoms with Crippen LogP contribution in [-0.4, -0.2) is 34.9 Å². The Bertz CT molecular complexity index is 590. The molecule has 0 fully saturated rings. The number of hydrogen-bond acceptors (Lipinski definition) is 4. The molecule has 0 aliphatic rings. The van der Waals surface area contributed by atoms with Gasteiger partial charge in [0, 0.05) is 6.20 Å². The number of aliphatic hydroxyl groups is 1. The predicted octanol–water partition coefficient (Wildman–Crippen LogP) is 2.14. The average molecular weight is 302 g/mol. The van der Waals surface area contributed by atoms with Crippen LogP contribution < -0.4 is 5.32 Å². The van der Waals surface area contributed by atoms with Crippen LogP contribution in [0.25, 0.3) is 0 Å². The third-order valence-corrected chi connectivity index (χ3v) is 3.80. The van der Waals surface area contributed by atoms with Gasteiger partial charge in [-0.2, -0.15) is 0 Å². The summed E-state index contributed by atoms with van der Waals surface area (Å²) in [6.45, 7) is -0.102. The molecule has 1 amide bonds. The van der Waals surface area contributed by atoms with Crippen LogP contribution >= 0.6 is 11.8 Å². The smallest absolute Gasteiger partial charge is 0.254 e. The minimum Gasteiger partial charge on any atom is -0.394 e. The van der Waals surface area contributed by atoms with Crippen molar-refractivity contribution in [1.82, 2.24) is 10.3 Å². The highest BCUT2D eigenvalue weighted by molar-refractivity contribution is 7.98. The first kappa shape index (κ1) is 15.5. The second-order valence-electron chi connectivity index (χ2n) is 4.60. The minimum atomic E-state index is -0.310. The van der Waals surface area contributed by atoms with E-state index in [-0.39, 0.29) is 18.6 Å². The lowest BCUT2D eigenvalue weighted by Crippen LogP contribution is -2.39. The van der Waals surface area contributed by atoms with Crippen LogP contribution in [-0.2, 0) is 6.42 Å². The Kier molecular flexibility index (Phi) is 5.78. The Labute approximate surface area is 128 Å². The molecule has 1 unspecified atom stereocenters. The molecule has 1 aromatic carbocycles. The third kappa shape index (κ3) is 4.31. The number of pyridine rings is 1. The van der Waals surface area contributed by atoms with Crippen molar-refractivity contribution in [2.45, 2.75) is 17.5 Å². The normalized spacial score (nSPS) is 11.9. The molecular formula is C16H18N2O2S. The van der Waals surface area contributed by atoms with Crippen LogP contribution in [0.4, 0.5) is 0 Å². The molecule has 2 N–H and O–H groups in total. The first-order chi connectivity index (χ1) is 10.2. The number of rotatable bonds is 6. The van der Waals surface area contributed by atoms with E-state index in [1.54, 1.807) is 18.3 Å². The van der Waals surface area contributed by atoms with Crippen LogP contribution in [0.2, 0.25) is 0 Å². The molecule has 2 aromatic rings. The largest absolute Gasteiger partial charge is 0.394 e. The van der Waals surface area contributed by atoms with Crippen LogP contribution in [0.3, 0.4) is 0 Å². The number of amides is 1. The molecule has 2 rings (SSSR count). The standard InChI is InChI=1S/C16H18N2O2S/c1-21-16-14(8-5-9-17-16)15(20)18-13(11-19)10-12-6-3-2-4-7-12/h2-9,13,19H,10-11H2,1H3,(H,18,20). The first-order valence-electron chi connectivity index (χ1n) is 6.69. The number of aliphatic hydroxyl groups excluding tert-OH is 1. The zero-order valence-electron chi connectivity index (χ0n) is 11.8. The number of carbonyl (C=O) groups is 1. The number of thioether (sulfide) groups is 1. The predicted molar refractivity (Wildman–Crippen MR) is 84.5 cm³/mol. The maximum Gasteiger partial charge on any atom is 0.254 e. The molecule has 1 heterocycles. The molecule has 21 heavy (non-hydrogen) atoms. The van der Waals surface area contributed by atoms with E-state index in [9.17, 15) is 9.90 Å². The molecule has 0 saturated heterocycles. The fraction of sp³-hybridized carbons (Fsp3) is 0.250. The lowest BCUT2D eigenvalue weighted by molar-refractivity contribution is 0.0913. The van der Waals surface area contributed by atoms with Gasteiger partial charge < -0.3 is 10.4 Å². The first-order valence-corrected chi connectivity index (χ1v) is 7.91. The summed E-state index contributed by atoms with van der Waals surface area (Å²) in [6, 6.07) is 13.0. The number of carbonyl (C=O) groups excluding carboxylic acids is 1. The molecular weight excluding hydrogens is 284 g/mol. The summed E-state index contributed by atoms with van der Waals surface area (Å²) >= 11 is 1.43. The second-order valence-corrected chi connectivity index (χ2v) is 5.40. The topological polar surface area (TPSA) is 62.2 Å². The van der Waals surface area contributed by atoms with Gasteiger partial charge in [-0.05, 0) is 30.4 Å². The van der Waals surface area contributed by atoms with Crippen molar-refractivity contribution in [1.29, 1.82) is 0 Å². The highest BCUT2D eigenvalue weighted by Gasteiger charge is 2.16. The molecule has 110 valence electrons. The monoisotopic (exact) mass is 302 g/mol. The molecule has 1 atom stereocenters. The summed E-state index contributed by atoms with van der Waals surface area (Å²) in [4.78, 5) is 16.5. The summed E-state index contributed by atoms with van der Waals surface area (Å²) in [6.07, 6.45) is 4.14. The number of hydrogen-bond donors (Lipinski definition) is 2. The van der Waals surface area contributed by atoms with Gasteiger partial charge in [0.25, 0.3) is 5.91 Å². The fourth-order valence-corrected chi connectivity index (χ4v) is 2.60. The maximum atomic E-state index is 12.3. The van der Waals surface area contributed by atoms with Crippen LogP contribution in [0.15, 0.2) is 53.7 Å². The minimum absolute atomic E-state index is 0.102. The van der Waals surface area contributed by atoms with Crippen molar-refractivity contribution in [2.75, 3.05) is 12.9 Å². The van der Waals surface area contributed by atoms with E-state index < -0.39 is 0 Å². The highest BCUT2D eigenvalue weighted by Crippen LogP contribution is 2.16. The molecule has 0 bridgehead atoms. The van der Waals surface area contributed by atoms with E-state index >= 15 is 0 Å². The van der Waals surface area contributed by atoms with Crippen molar-refractivity contribution in [3.8, 4) is 0 Å². The number of nitrogens with zero attached hydrogens (tertiary/aromatic N) is 1. The van der Waals surface area contributed by atoms with Crippen molar-refractivity contribution in [3.05, 3.63) is 59.8 Å². The van der Waals surface area contributed by atoms with Crippen LogP contribution in [0, 0.1) is 0 Å². The van der Waals surface area contributed by atoms with Crippen molar-refractivity contribution in [3.63, 3.8) is 0 Å². The lowest BCUT2D eigenvalue weighted by Gasteiger charge is -2.17. The number of benzene rings is 1. The molecule has 0 radical (unpaired) electrons. The number of aromatic nitrogens is 1. The Morgan fingerprint density at radius 3 is 2.71 bits per heavy atom. The summed E-state index contributed by atoms with van der Waals surface area (Å²) in [5, 5.41) is 13.0. The van der Waals surface area contributed by atoms with E-state index in [0.29, 0.717) is 17.0 Å². The van der Waals surface area contributed by atoms with Crippen LogP contribution in [0.1, 0.15) is 15.9 Å². The molecule has 0 spiro atoms. The van der Waals surface area contributed by atoms with Crippen molar-refractivity contribution < 1.29 is 9.90 Å². The molecule has 4 nitrogen and oxygen atoms in total. The Morgan fingerprint density at radius 2 is 2.05 bits per heavy atom. The molecule has 5 heteroatoms. The Balaban J connectivity index is 2.06. The van der Waals surface area contributed by atoms with Gasteiger partial charge in [-0.25, -0.2) is 4.98 Å². The lowest BCUT2D eigenvalue weighted by atomic mass is 10.1. The van der Waals surface area contributed by atoms with Gasteiger partial charge in [0.1, 0.15) is 5.03 Å². The third-order valence-electron chi connectivity index (χ3n) is 3.09. The fourth-order valence-electron chi connectivity index (χ4n) is 2.05. The van der Waals surface area contributed by atoms with Gasteiger partial charge in [-0.1, -0.05) is 30.3 Å². The quantitative estimate of drug-likeness (QED) is 0.803. The van der Waals surface area contributed by atoms with Crippen molar-refractivity contribution >= 4 is 17.7 Å². The van der Waals surface area contributed by atoms with E-state index in [0.717, 1.165) is 5.56 Å². The molecule has 0 aliphatic carbocycles. The van der Waals surface area contributed by atoms with Gasteiger partial charge in [0.2, 0.25) is 0 Å². The Morgan fingerprint density at radius 1 is 1.29 bits per heavy atom. The van der Waals surface area contributed by atoms with E-state index in [2.05, 4.69) is 10.3 Å². The van der Waals surface area contributed by atoms with E-state index in [4.69, 9.17) is 0 Å². The SMILES string of the molecule is CSc1ncccc1C(=O)NC(CO)Cc1ccccc1. The maximum absolute atomic E-state index is 12.3. The van der Waals surface area contributed by atoms with Crippen LogP contribution in [0.5, 0.6) is 0 Å². The second kappa shape index (κ2) is 7.81. The summed E-state index contributed by atoms with van der Waals surface area (Å²) < 4.78 is 0. The molecule has 0 aliphatic heterocycles. The van der Waals surface area contributed by atoms with Crippen molar-refractivity contribution in [2.24, 2.45) is 0 Å². The molecule has 1 aromatic heterocycles. The van der Waals surface area contributed by atoms with E-state index in [1.165, 1.54) is 11.8 Å². The number of nitrogens with one attached hydrogen (secondary N) is 1. The summed E-state index contributed by atoms with van der Waals surface area (Å²) in [5.41, 5.74) is 1.62. The Hall–Kier alpha value is -1.85. The average Bonchev–Trinajstić information content (AvgIpc) is 2.55. The van der Waals surface area contributed by atoms with Gasteiger partial charge >= 0.3 is 0 Å². The summed E-state index contributed by atoms with van der Waals surface area (Å²) in [7, 11) is 0.